The van der Waals surface area contributed by atoms with Crippen LogP contribution in [0.1, 0.15) is 30.6 Å². The van der Waals surface area contributed by atoms with Crippen molar-refractivity contribution in [1.82, 2.24) is 4.90 Å². The van der Waals surface area contributed by atoms with Gasteiger partial charge in [-0.2, -0.15) is 0 Å². The molecular formula is C12H18Cl2N2O. The van der Waals surface area contributed by atoms with Crippen LogP contribution in [0.4, 0.5) is 5.69 Å². The number of hydrogen-bond donors (Lipinski definition) is 1. The molecule has 2 N–H and O–H groups in total. The van der Waals surface area contributed by atoms with Gasteiger partial charge in [0.2, 0.25) is 0 Å². The number of carbonyl (C=O) groups excluding carboxylic acids is 1. The fraction of sp³-hybridized carbons (Fsp3) is 0.417. The van der Waals surface area contributed by atoms with Gasteiger partial charge in [0.05, 0.1) is 10.6 Å². The van der Waals surface area contributed by atoms with E-state index in [2.05, 4.69) is 0 Å². The zero-order valence-corrected chi connectivity index (χ0v) is 11.8. The van der Waals surface area contributed by atoms with Crippen molar-refractivity contribution < 1.29 is 4.79 Å². The third-order valence-corrected chi connectivity index (χ3v) is 3.11. The lowest BCUT2D eigenvalue weighted by Crippen LogP contribution is -2.34. The van der Waals surface area contributed by atoms with Crippen LogP contribution in [0, 0.1) is 0 Å². The highest BCUT2D eigenvalue weighted by Gasteiger charge is 2.18. The molecule has 1 amide bonds. The Bertz CT molecular complexity index is 396. The zero-order chi connectivity index (χ0) is 12.3. The molecule has 0 aliphatic heterocycles. The fourth-order valence-corrected chi connectivity index (χ4v) is 1.64. The van der Waals surface area contributed by atoms with Crippen LogP contribution in [0.15, 0.2) is 18.2 Å². The average Bonchev–Trinajstić information content (AvgIpc) is 2.26. The lowest BCUT2D eigenvalue weighted by molar-refractivity contribution is 0.0741. The Morgan fingerprint density at radius 1 is 1.53 bits per heavy atom. The van der Waals surface area contributed by atoms with Crippen molar-refractivity contribution in [2.24, 2.45) is 0 Å². The maximum Gasteiger partial charge on any atom is 0.255 e. The van der Waals surface area contributed by atoms with Crippen molar-refractivity contribution in [3.8, 4) is 0 Å². The van der Waals surface area contributed by atoms with Gasteiger partial charge in [-0.15, -0.1) is 12.4 Å². The molecule has 0 aliphatic rings. The van der Waals surface area contributed by atoms with E-state index < -0.39 is 0 Å². The van der Waals surface area contributed by atoms with E-state index in [0.717, 1.165) is 6.42 Å². The molecule has 0 bridgehead atoms. The smallest absolute Gasteiger partial charge is 0.255 e. The monoisotopic (exact) mass is 276 g/mol. The molecule has 0 aliphatic carbocycles. The van der Waals surface area contributed by atoms with Crippen LogP contribution < -0.4 is 5.73 Å². The minimum Gasteiger partial charge on any atom is -0.399 e. The van der Waals surface area contributed by atoms with Gasteiger partial charge in [0.1, 0.15) is 0 Å². The highest BCUT2D eigenvalue weighted by Crippen LogP contribution is 2.21. The number of carbonyl (C=O) groups is 1. The van der Waals surface area contributed by atoms with Gasteiger partial charge in [-0.25, -0.2) is 0 Å². The molecule has 0 saturated carbocycles. The van der Waals surface area contributed by atoms with Crippen molar-refractivity contribution >= 4 is 35.6 Å². The Labute approximate surface area is 113 Å². The van der Waals surface area contributed by atoms with Crippen LogP contribution in [-0.4, -0.2) is 23.9 Å². The topological polar surface area (TPSA) is 46.3 Å². The molecule has 0 fully saturated rings. The second-order valence-electron chi connectivity index (χ2n) is 3.91. The van der Waals surface area contributed by atoms with Crippen LogP contribution in [0.3, 0.4) is 0 Å². The lowest BCUT2D eigenvalue weighted by atomic mass is 10.1. The molecular weight excluding hydrogens is 259 g/mol. The largest absolute Gasteiger partial charge is 0.399 e. The Balaban J connectivity index is 0.00000256. The second kappa shape index (κ2) is 6.72. The number of anilines is 1. The third kappa shape index (κ3) is 3.79. The van der Waals surface area contributed by atoms with Crippen LogP contribution in [0.2, 0.25) is 5.02 Å². The molecule has 1 aromatic carbocycles. The molecule has 5 heteroatoms. The number of amides is 1. The zero-order valence-electron chi connectivity index (χ0n) is 10.2. The third-order valence-electron chi connectivity index (χ3n) is 2.80. The van der Waals surface area contributed by atoms with Gasteiger partial charge >= 0.3 is 0 Å². The molecule has 17 heavy (non-hydrogen) atoms. The minimum atomic E-state index is -0.0700. The highest BCUT2D eigenvalue weighted by atomic mass is 35.5. The molecule has 3 nitrogen and oxygen atoms in total. The summed E-state index contributed by atoms with van der Waals surface area (Å²) < 4.78 is 0. The summed E-state index contributed by atoms with van der Waals surface area (Å²) >= 11 is 5.99. The van der Waals surface area contributed by atoms with Crippen LogP contribution >= 0.6 is 24.0 Å². The van der Waals surface area contributed by atoms with Gasteiger partial charge in [-0.3, -0.25) is 4.79 Å². The highest BCUT2D eigenvalue weighted by molar-refractivity contribution is 6.34. The number of nitrogens with two attached hydrogens (primary N) is 1. The average molecular weight is 277 g/mol. The molecule has 1 aromatic rings. The first-order valence-corrected chi connectivity index (χ1v) is 5.67. The lowest BCUT2D eigenvalue weighted by Gasteiger charge is -2.24. The van der Waals surface area contributed by atoms with E-state index in [1.165, 1.54) is 0 Å². The van der Waals surface area contributed by atoms with Gasteiger partial charge in [0.15, 0.2) is 0 Å². The SMILES string of the molecule is CCC(C)N(C)C(=O)c1ccc(N)cc1Cl.Cl. The van der Waals surface area contributed by atoms with E-state index in [1.54, 1.807) is 30.1 Å². The molecule has 1 rings (SSSR count). The summed E-state index contributed by atoms with van der Waals surface area (Å²) in [6, 6.07) is 5.14. The molecule has 0 spiro atoms. The van der Waals surface area contributed by atoms with E-state index in [9.17, 15) is 4.79 Å². The first-order valence-electron chi connectivity index (χ1n) is 5.29. The maximum absolute atomic E-state index is 12.1. The fourth-order valence-electron chi connectivity index (χ4n) is 1.37. The summed E-state index contributed by atoms with van der Waals surface area (Å²) in [5.74, 6) is -0.0700. The van der Waals surface area contributed by atoms with E-state index in [0.29, 0.717) is 16.3 Å². The van der Waals surface area contributed by atoms with Crippen molar-refractivity contribution in [2.75, 3.05) is 12.8 Å². The number of hydrogen-bond acceptors (Lipinski definition) is 2. The Morgan fingerprint density at radius 2 is 2.12 bits per heavy atom. The van der Waals surface area contributed by atoms with Crippen molar-refractivity contribution in [3.05, 3.63) is 28.8 Å². The summed E-state index contributed by atoms with van der Waals surface area (Å²) in [7, 11) is 1.78. The summed E-state index contributed by atoms with van der Waals surface area (Å²) in [5.41, 5.74) is 6.64. The quantitative estimate of drug-likeness (QED) is 0.862. The summed E-state index contributed by atoms with van der Waals surface area (Å²) in [5, 5.41) is 0.403. The molecule has 0 heterocycles. The minimum absolute atomic E-state index is 0. The number of benzene rings is 1. The normalized spacial score (nSPS) is 11.5. The second-order valence-corrected chi connectivity index (χ2v) is 4.32. The van der Waals surface area contributed by atoms with Gasteiger partial charge in [0, 0.05) is 18.8 Å². The standard InChI is InChI=1S/C12H17ClN2O.ClH/c1-4-8(2)15(3)12(16)10-6-5-9(14)7-11(10)13;/h5-8H,4,14H2,1-3H3;1H. The number of nitrogen functional groups attached to an aromatic ring is 1. The van der Waals surface area contributed by atoms with Crippen molar-refractivity contribution in [1.29, 1.82) is 0 Å². The number of nitrogens with zero attached hydrogens (tertiary/aromatic N) is 1. The van der Waals surface area contributed by atoms with Gasteiger partial charge in [-0.05, 0) is 31.5 Å². The first-order chi connectivity index (χ1) is 7.47. The van der Waals surface area contributed by atoms with Crippen LogP contribution in [0.25, 0.3) is 0 Å². The van der Waals surface area contributed by atoms with Gasteiger partial charge in [-0.1, -0.05) is 18.5 Å². The summed E-state index contributed by atoms with van der Waals surface area (Å²) in [4.78, 5) is 13.8. The molecule has 0 aromatic heterocycles. The van der Waals surface area contributed by atoms with Crippen LogP contribution in [-0.2, 0) is 0 Å². The molecule has 96 valence electrons. The Hall–Kier alpha value is -0.930. The van der Waals surface area contributed by atoms with E-state index in [1.807, 2.05) is 13.8 Å². The summed E-state index contributed by atoms with van der Waals surface area (Å²) in [6.07, 6.45) is 0.912. The molecule has 1 unspecified atom stereocenters. The van der Waals surface area contributed by atoms with Crippen molar-refractivity contribution in [3.63, 3.8) is 0 Å². The van der Waals surface area contributed by atoms with Gasteiger partial charge in [0.25, 0.3) is 5.91 Å². The van der Waals surface area contributed by atoms with E-state index in [4.69, 9.17) is 17.3 Å². The number of halogens is 2. The first kappa shape index (κ1) is 16.1. The molecule has 0 saturated heterocycles. The van der Waals surface area contributed by atoms with E-state index >= 15 is 0 Å². The van der Waals surface area contributed by atoms with Gasteiger partial charge < -0.3 is 10.6 Å². The summed E-state index contributed by atoms with van der Waals surface area (Å²) in [6.45, 7) is 4.04. The number of rotatable bonds is 3. The molecule has 1 atom stereocenters. The predicted octanol–water partition coefficient (Wildman–Crippen LogP) is 3.21. The molecule has 0 radical (unpaired) electrons. The van der Waals surface area contributed by atoms with E-state index in [-0.39, 0.29) is 24.4 Å². The predicted molar refractivity (Wildman–Crippen MR) is 75.0 cm³/mol. The van der Waals surface area contributed by atoms with Crippen LogP contribution in [0.5, 0.6) is 0 Å². The Morgan fingerprint density at radius 3 is 2.59 bits per heavy atom. The maximum atomic E-state index is 12.1. The van der Waals surface area contributed by atoms with Crippen molar-refractivity contribution in [2.45, 2.75) is 26.3 Å². The Kier molecular flexibility index (Phi) is 6.35.